The second kappa shape index (κ2) is 3.91. The Morgan fingerprint density at radius 3 is 2.69 bits per heavy atom. The third-order valence-electron chi connectivity index (χ3n) is 2.19. The highest BCUT2D eigenvalue weighted by Crippen LogP contribution is 2.33. The number of anilines is 1. The summed E-state index contributed by atoms with van der Waals surface area (Å²) in [6.07, 6.45) is 0.214. The number of amides is 1. The summed E-state index contributed by atoms with van der Waals surface area (Å²) in [5, 5.41) is 2.93. The van der Waals surface area contributed by atoms with Crippen molar-refractivity contribution in [3.8, 4) is 0 Å². The zero-order valence-corrected chi connectivity index (χ0v) is 10.3. The molecule has 86 valence electrons. The first kappa shape index (κ1) is 11.7. The fourth-order valence-corrected chi connectivity index (χ4v) is 2.90. The van der Waals surface area contributed by atoms with Gasteiger partial charge in [-0.1, -0.05) is 17.7 Å². The number of fused-ring (bicyclic) bond motifs is 1. The van der Waals surface area contributed by atoms with E-state index < -0.39 is 9.05 Å². The Hall–Kier alpha value is -0.780. The molecular formula is C9H7Cl2NO3S. The first-order chi connectivity index (χ1) is 7.35. The van der Waals surface area contributed by atoms with Gasteiger partial charge in [0.1, 0.15) is 0 Å². The summed E-state index contributed by atoms with van der Waals surface area (Å²) >= 11 is 5.92. The van der Waals surface area contributed by atoms with Gasteiger partial charge in [-0.2, -0.15) is 0 Å². The molecule has 1 aliphatic rings. The van der Waals surface area contributed by atoms with E-state index in [2.05, 4.69) is 5.32 Å². The maximum atomic E-state index is 11.1. The molecule has 4 nitrogen and oxygen atoms in total. The average molecular weight is 280 g/mol. The molecule has 1 N–H and O–H groups in total. The van der Waals surface area contributed by atoms with Gasteiger partial charge in [0.15, 0.2) is 0 Å². The minimum Gasteiger partial charge on any atom is -0.324 e. The summed E-state index contributed by atoms with van der Waals surface area (Å²) in [5.41, 5.74) is 1.74. The highest BCUT2D eigenvalue weighted by Gasteiger charge is 2.22. The van der Waals surface area contributed by atoms with Crippen molar-refractivity contribution in [1.82, 2.24) is 0 Å². The lowest BCUT2D eigenvalue weighted by Gasteiger charge is -2.05. The van der Waals surface area contributed by atoms with E-state index in [-0.39, 0.29) is 18.1 Å². The second-order valence-corrected chi connectivity index (χ2v) is 6.70. The predicted molar refractivity (Wildman–Crippen MR) is 62.3 cm³/mol. The first-order valence-corrected chi connectivity index (χ1v) is 7.24. The highest BCUT2D eigenvalue weighted by molar-refractivity contribution is 8.13. The van der Waals surface area contributed by atoms with Crippen LogP contribution in [0.4, 0.5) is 5.69 Å². The quantitative estimate of drug-likeness (QED) is 0.841. The van der Waals surface area contributed by atoms with Gasteiger partial charge < -0.3 is 5.32 Å². The molecule has 1 amide bonds. The maximum absolute atomic E-state index is 11.1. The summed E-state index contributed by atoms with van der Waals surface area (Å²) in [5.74, 6) is -0.446. The molecule has 0 fully saturated rings. The number of carbonyl (C=O) groups excluding carboxylic acids is 1. The van der Waals surface area contributed by atoms with E-state index in [9.17, 15) is 13.2 Å². The van der Waals surface area contributed by atoms with Gasteiger partial charge in [0.25, 0.3) is 0 Å². The van der Waals surface area contributed by atoms with E-state index in [0.29, 0.717) is 21.8 Å². The lowest BCUT2D eigenvalue weighted by atomic mass is 10.1. The molecule has 0 aromatic heterocycles. The van der Waals surface area contributed by atoms with Crippen LogP contribution in [0.25, 0.3) is 0 Å². The van der Waals surface area contributed by atoms with Crippen LogP contribution in [0.2, 0.25) is 5.02 Å². The van der Waals surface area contributed by atoms with Gasteiger partial charge in [0, 0.05) is 10.7 Å². The van der Waals surface area contributed by atoms with Gasteiger partial charge in [0.2, 0.25) is 15.0 Å². The van der Waals surface area contributed by atoms with Gasteiger partial charge in [-0.15, -0.1) is 0 Å². The van der Waals surface area contributed by atoms with E-state index in [1.165, 1.54) is 6.07 Å². The third-order valence-corrected chi connectivity index (χ3v) is 3.49. The normalized spacial score (nSPS) is 14.8. The number of halogens is 2. The average Bonchev–Trinajstić information content (AvgIpc) is 2.42. The number of benzene rings is 1. The van der Waals surface area contributed by atoms with Gasteiger partial charge >= 0.3 is 0 Å². The molecule has 0 unspecified atom stereocenters. The van der Waals surface area contributed by atoms with Crippen molar-refractivity contribution in [3.63, 3.8) is 0 Å². The monoisotopic (exact) mass is 279 g/mol. The molecule has 0 saturated carbocycles. The minimum atomic E-state index is -3.62. The van der Waals surface area contributed by atoms with Crippen LogP contribution in [0.15, 0.2) is 12.1 Å². The van der Waals surface area contributed by atoms with Gasteiger partial charge in [-0.25, -0.2) is 8.42 Å². The summed E-state index contributed by atoms with van der Waals surface area (Å²) in [6.45, 7) is 0. The van der Waals surface area contributed by atoms with Crippen LogP contribution in [-0.2, 0) is 26.0 Å². The molecule has 0 saturated heterocycles. The smallest absolute Gasteiger partial charge is 0.236 e. The molecule has 0 atom stereocenters. The van der Waals surface area contributed by atoms with Gasteiger partial charge in [0.05, 0.1) is 22.9 Å². The molecule has 16 heavy (non-hydrogen) atoms. The molecule has 0 spiro atoms. The number of hydrogen-bond acceptors (Lipinski definition) is 3. The summed E-state index contributed by atoms with van der Waals surface area (Å²) in [6, 6.07) is 3.12. The Morgan fingerprint density at radius 2 is 2.06 bits per heavy atom. The van der Waals surface area contributed by atoms with Gasteiger partial charge in [-0.3, -0.25) is 4.79 Å². The number of nitrogens with one attached hydrogen (secondary N) is 1. The molecule has 0 aliphatic carbocycles. The van der Waals surface area contributed by atoms with Crippen LogP contribution < -0.4 is 5.32 Å². The van der Waals surface area contributed by atoms with Crippen molar-refractivity contribution in [3.05, 3.63) is 28.3 Å². The number of carbonyl (C=O) groups is 1. The standard InChI is InChI=1S/C9H7Cl2NO3S/c10-7-2-5(4-16(11,14)15)1-6-3-8(13)12-9(6)7/h1-2H,3-4H2,(H,12,13). The zero-order valence-electron chi connectivity index (χ0n) is 7.96. The van der Waals surface area contributed by atoms with E-state index in [1.54, 1.807) is 6.07 Å². The fraction of sp³-hybridized carbons (Fsp3) is 0.222. The molecule has 0 radical (unpaired) electrons. The molecule has 1 heterocycles. The van der Waals surface area contributed by atoms with Crippen molar-refractivity contribution in [2.24, 2.45) is 0 Å². The van der Waals surface area contributed by atoms with Crippen molar-refractivity contribution in [1.29, 1.82) is 0 Å². The molecule has 1 aromatic rings. The Balaban J connectivity index is 2.42. The molecular weight excluding hydrogens is 273 g/mol. The van der Waals surface area contributed by atoms with Crippen LogP contribution in [0.1, 0.15) is 11.1 Å². The fourth-order valence-electron chi connectivity index (χ4n) is 1.64. The van der Waals surface area contributed by atoms with Crippen LogP contribution >= 0.6 is 22.3 Å². The molecule has 1 aromatic carbocycles. The largest absolute Gasteiger partial charge is 0.324 e. The lowest BCUT2D eigenvalue weighted by molar-refractivity contribution is -0.115. The van der Waals surface area contributed by atoms with Crippen LogP contribution in [0.5, 0.6) is 0 Å². The van der Waals surface area contributed by atoms with Crippen LogP contribution in [0, 0.1) is 0 Å². The summed E-state index contributed by atoms with van der Waals surface area (Å²) < 4.78 is 21.8. The molecule has 7 heteroatoms. The first-order valence-electron chi connectivity index (χ1n) is 4.38. The Labute approximate surface area is 102 Å². The Kier molecular flexibility index (Phi) is 2.86. The van der Waals surface area contributed by atoms with E-state index in [1.807, 2.05) is 0 Å². The molecule has 0 bridgehead atoms. The van der Waals surface area contributed by atoms with Crippen molar-refractivity contribution >= 4 is 42.9 Å². The second-order valence-electron chi connectivity index (χ2n) is 3.52. The van der Waals surface area contributed by atoms with Crippen molar-refractivity contribution in [2.45, 2.75) is 12.2 Å². The zero-order chi connectivity index (χ0) is 11.9. The van der Waals surface area contributed by atoms with Crippen molar-refractivity contribution in [2.75, 3.05) is 5.32 Å². The molecule has 1 aliphatic heterocycles. The SMILES string of the molecule is O=C1Cc2cc(CS(=O)(=O)Cl)cc(Cl)c2N1. The van der Waals surface area contributed by atoms with Crippen LogP contribution in [-0.4, -0.2) is 14.3 Å². The van der Waals surface area contributed by atoms with E-state index in [0.717, 1.165) is 0 Å². The third kappa shape index (κ3) is 2.48. The Bertz CT molecular complexity index is 568. The van der Waals surface area contributed by atoms with Crippen molar-refractivity contribution < 1.29 is 13.2 Å². The predicted octanol–water partition coefficient (Wildman–Crippen LogP) is 1.90. The summed E-state index contributed by atoms with van der Waals surface area (Å²) in [7, 11) is 1.53. The Morgan fingerprint density at radius 1 is 1.38 bits per heavy atom. The number of rotatable bonds is 2. The molecule has 2 rings (SSSR count). The summed E-state index contributed by atoms with van der Waals surface area (Å²) in [4.78, 5) is 11.1. The van der Waals surface area contributed by atoms with E-state index >= 15 is 0 Å². The number of hydrogen-bond donors (Lipinski definition) is 1. The van der Waals surface area contributed by atoms with Crippen LogP contribution in [0.3, 0.4) is 0 Å². The topological polar surface area (TPSA) is 63.2 Å². The van der Waals surface area contributed by atoms with E-state index in [4.69, 9.17) is 22.3 Å². The maximum Gasteiger partial charge on any atom is 0.236 e. The minimum absolute atomic E-state index is 0.150. The lowest BCUT2D eigenvalue weighted by Crippen LogP contribution is -2.03. The highest BCUT2D eigenvalue weighted by atomic mass is 35.7. The van der Waals surface area contributed by atoms with Gasteiger partial charge in [-0.05, 0) is 17.2 Å².